The Morgan fingerprint density at radius 1 is 1.12 bits per heavy atom. The van der Waals surface area contributed by atoms with Crippen LogP contribution in [0.2, 0.25) is 0 Å². The van der Waals surface area contributed by atoms with E-state index in [4.69, 9.17) is 0 Å². The summed E-state index contributed by atoms with van der Waals surface area (Å²) in [6, 6.07) is 11.8. The Morgan fingerprint density at radius 3 is 2.36 bits per heavy atom. The maximum Gasteiger partial charge on any atom is 0.251 e. The van der Waals surface area contributed by atoms with E-state index in [1.54, 1.807) is 0 Å². The van der Waals surface area contributed by atoms with Gasteiger partial charge in [0.2, 0.25) is 0 Å². The molecule has 134 valence electrons. The van der Waals surface area contributed by atoms with Crippen LogP contribution in [0.5, 0.6) is 0 Å². The summed E-state index contributed by atoms with van der Waals surface area (Å²) in [5.74, 6) is 1.36. The van der Waals surface area contributed by atoms with Crippen molar-refractivity contribution in [2.75, 3.05) is 26.2 Å². The molecule has 0 spiro atoms. The van der Waals surface area contributed by atoms with E-state index in [2.05, 4.69) is 24.1 Å². The summed E-state index contributed by atoms with van der Waals surface area (Å²) < 4.78 is 2.03. The Morgan fingerprint density at radius 2 is 1.76 bits per heavy atom. The molecule has 4 nitrogen and oxygen atoms in total. The smallest absolute Gasteiger partial charge is 0.251 e. The summed E-state index contributed by atoms with van der Waals surface area (Å²) in [4.78, 5) is 14.9. The van der Waals surface area contributed by atoms with Crippen LogP contribution in [0.3, 0.4) is 0 Å². The van der Waals surface area contributed by atoms with Crippen molar-refractivity contribution in [3.05, 3.63) is 54.4 Å². The first-order valence-corrected chi connectivity index (χ1v) is 9.36. The number of carbonyl (C=O) groups excluding carboxylic acids is 1. The van der Waals surface area contributed by atoms with E-state index >= 15 is 0 Å². The second kappa shape index (κ2) is 8.34. The monoisotopic (exact) mass is 339 g/mol. The Hall–Kier alpha value is -2.07. The Bertz CT molecular complexity index is 653. The first-order chi connectivity index (χ1) is 12.1. The molecule has 2 heterocycles. The summed E-state index contributed by atoms with van der Waals surface area (Å²) in [5.41, 5.74) is 1.80. The number of carbonyl (C=O) groups is 1. The van der Waals surface area contributed by atoms with Crippen molar-refractivity contribution in [1.29, 1.82) is 0 Å². The molecule has 1 aromatic carbocycles. The lowest BCUT2D eigenvalue weighted by Gasteiger charge is -2.33. The normalized spacial score (nSPS) is 16.3. The van der Waals surface area contributed by atoms with Crippen LogP contribution in [0.1, 0.15) is 37.0 Å². The summed E-state index contributed by atoms with van der Waals surface area (Å²) in [6.07, 6.45) is 6.36. The first-order valence-electron chi connectivity index (χ1n) is 9.36. The predicted octanol–water partition coefficient (Wildman–Crippen LogP) is 3.58. The van der Waals surface area contributed by atoms with Gasteiger partial charge in [0.15, 0.2) is 0 Å². The van der Waals surface area contributed by atoms with E-state index in [9.17, 15) is 4.79 Å². The summed E-state index contributed by atoms with van der Waals surface area (Å²) in [7, 11) is 0. The highest BCUT2D eigenvalue weighted by atomic mass is 16.1. The lowest BCUT2D eigenvalue weighted by Crippen LogP contribution is -2.40. The third-order valence-electron chi connectivity index (χ3n) is 4.91. The average molecular weight is 339 g/mol. The highest BCUT2D eigenvalue weighted by Crippen LogP contribution is 2.17. The average Bonchev–Trinajstić information content (AvgIpc) is 3.15. The topological polar surface area (TPSA) is 37.3 Å². The molecule has 4 heteroatoms. The van der Waals surface area contributed by atoms with Gasteiger partial charge in [0, 0.05) is 36.7 Å². The van der Waals surface area contributed by atoms with E-state index < -0.39 is 0 Å². The van der Waals surface area contributed by atoms with E-state index in [0.29, 0.717) is 5.92 Å². The van der Waals surface area contributed by atoms with Gasteiger partial charge in [-0.3, -0.25) is 4.79 Å². The number of rotatable bonds is 6. The highest BCUT2D eigenvalue weighted by molar-refractivity contribution is 5.94. The Labute approximate surface area is 150 Å². The molecule has 1 aromatic heterocycles. The lowest BCUT2D eigenvalue weighted by molar-refractivity contribution is 0.0934. The van der Waals surface area contributed by atoms with Gasteiger partial charge in [-0.15, -0.1) is 0 Å². The molecule has 2 aromatic rings. The van der Waals surface area contributed by atoms with Crippen molar-refractivity contribution < 1.29 is 4.79 Å². The fourth-order valence-corrected chi connectivity index (χ4v) is 3.52. The fraction of sp³-hybridized carbons (Fsp3) is 0.476. The van der Waals surface area contributed by atoms with Gasteiger partial charge in [0.25, 0.3) is 5.91 Å². The third-order valence-corrected chi connectivity index (χ3v) is 4.91. The molecule has 3 rings (SSSR count). The van der Waals surface area contributed by atoms with Crippen molar-refractivity contribution in [2.45, 2.75) is 26.7 Å². The van der Waals surface area contributed by atoms with Crippen LogP contribution < -0.4 is 5.32 Å². The third kappa shape index (κ3) is 4.95. The molecule has 1 N–H and O–H groups in total. The van der Waals surface area contributed by atoms with Crippen LogP contribution in [0, 0.1) is 11.8 Å². The van der Waals surface area contributed by atoms with E-state index in [1.807, 2.05) is 53.4 Å². The quantitative estimate of drug-likeness (QED) is 0.873. The van der Waals surface area contributed by atoms with Gasteiger partial charge in [-0.2, -0.15) is 0 Å². The number of hydrogen-bond acceptors (Lipinski definition) is 2. The largest absolute Gasteiger partial charge is 0.352 e. The first kappa shape index (κ1) is 17.7. The molecule has 1 aliphatic rings. The number of amides is 1. The molecule has 0 unspecified atom stereocenters. The molecular weight excluding hydrogens is 310 g/mol. The van der Waals surface area contributed by atoms with E-state index in [-0.39, 0.29) is 5.91 Å². The minimum absolute atomic E-state index is 0.0312. The zero-order valence-corrected chi connectivity index (χ0v) is 15.3. The van der Waals surface area contributed by atoms with Crippen LogP contribution in [0.4, 0.5) is 0 Å². The number of hydrogen-bond donors (Lipinski definition) is 1. The summed E-state index contributed by atoms with van der Waals surface area (Å²) in [5, 5.41) is 3.11. The Kier molecular flexibility index (Phi) is 5.92. The standard InChI is InChI=1S/C21H29N3O/c1-17(2)16-23-13-9-18(10-14-23)15-22-21(25)19-5-7-20(8-6-19)24-11-3-4-12-24/h3-8,11-12,17-18H,9-10,13-16H2,1-2H3,(H,22,25). The minimum Gasteiger partial charge on any atom is -0.352 e. The number of likely N-dealkylation sites (tertiary alicyclic amines) is 1. The van der Waals surface area contributed by atoms with Crippen molar-refractivity contribution in [3.63, 3.8) is 0 Å². The van der Waals surface area contributed by atoms with Crippen molar-refractivity contribution >= 4 is 5.91 Å². The van der Waals surface area contributed by atoms with Crippen LogP contribution >= 0.6 is 0 Å². The van der Waals surface area contributed by atoms with E-state index in [1.165, 1.54) is 19.4 Å². The van der Waals surface area contributed by atoms with Gasteiger partial charge in [-0.25, -0.2) is 0 Å². The molecule has 0 saturated carbocycles. The summed E-state index contributed by atoms with van der Waals surface area (Å²) in [6.45, 7) is 8.83. The number of piperidine rings is 1. The van der Waals surface area contributed by atoms with Crippen LogP contribution in [-0.2, 0) is 0 Å². The van der Waals surface area contributed by atoms with Gasteiger partial charge < -0.3 is 14.8 Å². The molecule has 0 aliphatic carbocycles. The number of benzene rings is 1. The lowest BCUT2D eigenvalue weighted by atomic mass is 9.96. The zero-order valence-electron chi connectivity index (χ0n) is 15.3. The van der Waals surface area contributed by atoms with Crippen LogP contribution in [0.25, 0.3) is 5.69 Å². The van der Waals surface area contributed by atoms with Gasteiger partial charge in [-0.1, -0.05) is 13.8 Å². The molecule has 25 heavy (non-hydrogen) atoms. The number of aromatic nitrogens is 1. The van der Waals surface area contributed by atoms with Gasteiger partial charge >= 0.3 is 0 Å². The Balaban J connectivity index is 1.45. The second-order valence-electron chi connectivity index (χ2n) is 7.49. The number of nitrogens with zero attached hydrogens (tertiary/aromatic N) is 2. The molecule has 0 atom stereocenters. The number of nitrogens with one attached hydrogen (secondary N) is 1. The van der Waals surface area contributed by atoms with E-state index in [0.717, 1.165) is 36.8 Å². The van der Waals surface area contributed by atoms with Crippen molar-refractivity contribution in [3.8, 4) is 5.69 Å². The molecule has 0 bridgehead atoms. The maximum atomic E-state index is 12.4. The molecular formula is C21H29N3O. The summed E-state index contributed by atoms with van der Waals surface area (Å²) >= 11 is 0. The van der Waals surface area contributed by atoms with Crippen LogP contribution in [-0.4, -0.2) is 41.6 Å². The maximum absolute atomic E-state index is 12.4. The van der Waals surface area contributed by atoms with Crippen LogP contribution in [0.15, 0.2) is 48.8 Å². The predicted molar refractivity (Wildman–Crippen MR) is 102 cm³/mol. The fourth-order valence-electron chi connectivity index (χ4n) is 3.52. The SMILES string of the molecule is CC(C)CN1CCC(CNC(=O)c2ccc(-n3cccc3)cc2)CC1. The molecule has 1 saturated heterocycles. The highest BCUT2D eigenvalue weighted by Gasteiger charge is 2.20. The van der Waals surface area contributed by atoms with Gasteiger partial charge in [0.05, 0.1) is 0 Å². The van der Waals surface area contributed by atoms with Gasteiger partial charge in [-0.05, 0) is 74.2 Å². The minimum atomic E-state index is 0.0312. The van der Waals surface area contributed by atoms with Crippen molar-refractivity contribution in [2.24, 2.45) is 11.8 Å². The van der Waals surface area contributed by atoms with Crippen molar-refractivity contribution in [1.82, 2.24) is 14.8 Å². The molecule has 1 fully saturated rings. The zero-order chi connectivity index (χ0) is 17.6. The molecule has 0 radical (unpaired) electrons. The molecule has 1 aliphatic heterocycles. The second-order valence-corrected chi connectivity index (χ2v) is 7.49. The van der Waals surface area contributed by atoms with Gasteiger partial charge in [0.1, 0.15) is 0 Å². The molecule has 1 amide bonds.